The van der Waals surface area contributed by atoms with Crippen LogP contribution in [0.2, 0.25) is 0 Å². The van der Waals surface area contributed by atoms with Gasteiger partial charge in [0.1, 0.15) is 0 Å². The highest BCUT2D eigenvalue weighted by atomic mass is 16.5. The average molecular weight is 393 g/mol. The number of benzene rings is 2. The van der Waals surface area contributed by atoms with Crippen molar-refractivity contribution in [3.63, 3.8) is 0 Å². The van der Waals surface area contributed by atoms with Crippen LogP contribution in [-0.4, -0.2) is 39.2 Å². The Bertz CT molecular complexity index is 930. The molecule has 150 valence electrons. The van der Waals surface area contributed by atoms with Gasteiger partial charge in [0.15, 0.2) is 5.82 Å². The SMILES string of the molecule is CCc1cccc(C[C@H](NC(=O)CCc2noc(-c3ccccc3)n2)B(O)O)c1. The van der Waals surface area contributed by atoms with E-state index in [2.05, 4.69) is 22.4 Å². The Morgan fingerprint density at radius 1 is 1.14 bits per heavy atom. The Morgan fingerprint density at radius 2 is 1.90 bits per heavy atom. The Labute approximate surface area is 169 Å². The summed E-state index contributed by atoms with van der Waals surface area (Å²) in [7, 11) is -1.65. The molecule has 0 spiro atoms. The summed E-state index contributed by atoms with van der Waals surface area (Å²) in [4.78, 5) is 16.6. The molecule has 29 heavy (non-hydrogen) atoms. The van der Waals surface area contributed by atoms with Crippen LogP contribution in [0.1, 0.15) is 30.3 Å². The third kappa shape index (κ3) is 6.00. The number of hydrogen-bond acceptors (Lipinski definition) is 6. The minimum Gasteiger partial charge on any atom is -0.426 e. The number of nitrogens with one attached hydrogen (secondary N) is 1. The van der Waals surface area contributed by atoms with E-state index in [1.165, 1.54) is 0 Å². The van der Waals surface area contributed by atoms with Gasteiger partial charge in [0.2, 0.25) is 5.91 Å². The van der Waals surface area contributed by atoms with Crippen molar-refractivity contribution in [2.24, 2.45) is 0 Å². The Hall–Kier alpha value is -2.97. The van der Waals surface area contributed by atoms with Gasteiger partial charge in [-0.3, -0.25) is 4.79 Å². The first-order chi connectivity index (χ1) is 14.0. The molecule has 7 nitrogen and oxygen atoms in total. The maximum absolute atomic E-state index is 12.3. The van der Waals surface area contributed by atoms with Crippen molar-refractivity contribution in [2.75, 3.05) is 0 Å². The van der Waals surface area contributed by atoms with E-state index in [1.807, 2.05) is 54.6 Å². The van der Waals surface area contributed by atoms with Crippen LogP contribution in [0.3, 0.4) is 0 Å². The van der Waals surface area contributed by atoms with Crippen molar-refractivity contribution in [3.05, 3.63) is 71.5 Å². The molecule has 1 atom stereocenters. The summed E-state index contributed by atoms with van der Waals surface area (Å²) >= 11 is 0. The number of rotatable bonds is 9. The van der Waals surface area contributed by atoms with Gasteiger partial charge in [-0.25, -0.2) is 0 Å². The monoisotopic (exact) mass is 393 g/mol. The first kappa shape index (κ1) is 20.8. The number of hydrogen-bond donors (Lipinski definition) is 3. The molecule has 1 heterocycles. The van der Waals surface area contributed by atoms with Gasteiger partial charge in [-0.2, -0.15) is 4.98 Å². The van der Waals surface area contributed by atoms with Crippen LogP contribution in [0, 0.1) is 0 Å². The van der Waals surface area contributed by atoms with Gasteiger partial charge in [-0.15, -0.1) is 0 Å². The molecule has 8 heteroatoms. The van der Waals surface area contributed by atoms with Crippen LogP contribution in [0.4, 0.5) is 0 Å². The molecule has 0 saturated heterocycles. The summed E-state index contributed by atoms with van der Waals surface area (Å²) in [5.41, 5.74) is 2.91. The second-order valence-corrected chi connectivity index (χ2v) is 6.85. The maximum Gasteiger partial charge on any atom is 0.475 e. The molecule has 0 aliphatic heterocycles. The number of aromatic nitrogens is 2. The van der Waals surface area contributed by atoms with E-state index in [0.717, 1.165) is 23.1 Å². The van der Waals surface area contributed by atoms with E-state index in [4.69, 9.17) is 4.52 Å². The molecule has 0 aliphatic carbocycles. The molecule has 0 radical (unpaired) electrons. The molecule has 0 aliphatic rings. The predicted octanol–water partition coefficient (Wildman–Crippen LogP) is 1.97. The van der Waals surface area contributed by atoms with Gasteiger partial charge in [0, 0.05) is 18.4 Å². The molecule has 2 aromatic carbocycles. The third-order valence-corrected chi connectivity index (χ3v) is 4.63. The van der Waals surface area contributed by atoms with Crippen LogP contribution in [0.15, 0.2) is 59.1 Å². The van der Waals surface area contributed by atoms with Crippen molar-refractivity contribution in [3.8, 4) is 11.5 Å². The summed E-state index contributed by atoms with van der Waals surface area (Å²) in [6.07, 6.45) is 1.63. The highest BCUT2D eigenvalue weighted by molar-refractivity contribution is 6.43. The second kappa shape index (κ2) is 10.00. The number of carbonyl (C=O) groups is 1. The van der Waals surface area contributed by atoms with E-state index < -0.39 is 13.1 Å². The van der Waals surface area contributed by atoms with Gasteiger partial charge in [0.05, 0.1) is 5.94 Å². The topological polar surface area (TPSA) is 108 Å². The summed E-state index contributed by atoms with van der Waals surface area (Å²) in [5.74, 6) is -0.267. The van der Waals surface area contributed by atoms with Crippen LogP contribution in [0.5, 0.6) is 0 Å². The lowest BCUT2D eigenvalue weighted by molar-refractivity contribution is -0.121. The van der Waals surface area contributed by atoms with E-state index in [-0.39, 0.29) is 12.3 Å². The zero-order valence-electron chi connectivity index (χ0n) is 16.3. The number of carbonyl (C=O) groups excluding carboxylic acids is 1. The first-order valence-electron chi connectivity index (χ1n) is 9.66. The van der Waals surface area contributed by atoms with E-state index in [1.54, 1.807) is 0 Å². The first-order valence-corrected chi connectivity index (χ1v) is 9.66. The second-order valence-electron chi connectivity index (χ2n) is 6.85. The van der Waals surface area contributed by atoms with E-state index >= 15 is 0 Å². The predicted molar refractivity (Wildman–Crippen MR) is 110 cm³/mol. The Kier molecular flexibility index (Phi) is 7.16. The number of amides is 1. The maximum atomic E-state index is 12.3. The van der Waals surface area contributed by atoms with Crippen molar-refractivity contribution in [1.82, 2.24) is 15.5 Å². The smallest absolute Gasteiger partial charge is 0.426 e. The lowest BCUT2D eigenvalue weighted by atomic mass is 9.75. The lowest BCUT2D eigenvalue weighted by Crippen LogP contribution is -2.48. The molecular weight excluding hydrogens is 369 g/mol. The summed E-state index contributed by atoms with van der Waals surface area (Å²) in [5, 5.41) is 25.9. The van der Waals surface area contributed by atoms with Crippen molar-refractivity contribution < 1.29 is 19.4 Å². The molecule has 1 aromatic heterocycles. The summed E-state index contributed by atoms with van der Waals surface area (Å²) < 4.78 is 5.23. The van der Waals surface area contributed by atoms with Crippen LogP contribution in [0.25, 0.3) is 11.5 Å². The van der Waals surface area contributed by atoms with Crippen molar-refractivity contribution in [2.45, 2.75) is 38.5 Å². The zero-order chi connectivity index (χ0) is 20.6. The molecule has 0 bridgehead atoms. The quantitative estimate of drug-likeness (QED) is 0.480. The molecule has 0 fully saturated rings. The van der Waals surface area contributed by atoms with E-state index in [9.17, 15) is 14.8 Å². The molecule has 3 rings (SSSR count). The number of nitrogens with zero attached hydrogens (tertiary/aromatic N) is 2. The van der Waals surface area contributed by atoms with Crippen LogP contribution < -0.4 is 5.32 Å². The minimum atomic E-state index is -1.65. The van der Waals surface area contributed by atoms with Crippen molar-refractivity contribution >= 4 is 13.0 Å². The van der Waals surface area contributed by atoms with Crippen molar-refractivity contribution in [1.29, 1.82) is 0 Å². The van der Waals surface area contributed by atoms with Gasteiger partial charge in [0.25, 0.3) is 5.89 Å². The summed E-state index contributed by atoms with van der Waals surface area (Å²) in [6.45, 7) is 2.06. The highest BCUT2D eigenvalue weighted by Gasteiger charge is 2.25. The Balaban J connectivity index is 1.55. The number of aryl methyl sites for hydroxylation is 2. The van der Waals surface area contributed by atoms with Gasteiger partial charge in [-0.05, 0) is 36.1 Å². The molecular formula is C21H24BN3O4. The van der Waals surface area contributed by atoms with Gasteiger partial charge >= 0.3 is 7.12 Å². The fraction of sp³-hybridized carbons (Fsp3) is 0.286. The standard InChI is InChI=1S/C21H24BN3O4/c1-2-15-7-6-8-16(13-15)14-18(22(27)28)23-20(26)12-11-19-24-21(29-25-19)17-9-4-3-5-10-17/h3-10,13,18,27-28H,2,11-12,14H2,1H3,(H,23,26)/t18-/m0/s1. The summed E-state index contributed by atoms with van der Waals surface area (Å²) in [6, 6.07) is 17.2. The molecule has 3 aromatic rings. The fourth-order valence-electron chi connectivity index (χ4n) is 3.02. The van der Waals surface area contributed by atoms with Gasteiger partial charge < -0.3 is 19.9 Å². The van der Waals surface area contributed by atoms with Crippen LogP contribution >= 0.6 is 0 Å². The Morgan fingerprint density at radius 3 is 2.62 bits per heavy atom. The average Bonchev–Trinajstić information content (AvgIpc) is 3.21. The zero-order valence-corrected chi connectivity index (χ0v) is 16.3. The van der Waals surface area contributed by atoms with E-state index in [0.29, 0.717) is 24.6 Å². The molecule has 1 amide bonds. The fourth-order valence-corrected chi connectivity index (χ4v) is 3.02. The highest BCUT2D eigenvalue weighted by Crippen LogP contribution is 2.16. The normalized spacial score (nSPS) is 11.8. The largest absolute Gasteiger partial charge is 0.475 e. The van der Waals surface area contributed by atoms with Crippen LogP contribution in [-0.2, 0) is 24.1 Å². The third-order valence-electron chi connectivity index (χ3n) is 4.63. The molecule has 0 saturated carbocycles. The minimum absolute atomic E-state index is 0.117. The molecule has 0 unspecified atom stereocenters. The molecule has 3 N–H and O–H groups in total. The lowest BCUT2D eigenvalue weighted by Gasteiger charge is -2.18. The van der Waals surface area contributed by atoms with Gasteiger partial charge in [-0.1, -0.05) is 54.5 Å².